The Hall–Kier alpha value is -2.19. The van der Waals surface area contributed by atoms with Gasteiger partial charge in [0.15, 0.2) is 0 Å². The fraction of sp³-hybridized carbons (Fsp3) is 0.500. The largest absolute Gasteiger partial charge is 0.591 e. The number of hydrogen-bond donors (Lipinski definition) is 0. The summed E-state index contributed by atoms with van der Waals surface area (Å²) in [7, 11) is 0. The number of nitrogens with zero attached hydrogens (tertiary/aromatic N) is 4. The zero-order valence-electron chi connectivity index (χ0n) is 16.9. The van der Waals surface area contributed by atoms with Crippen LogP contribution in [0.2, 0.25) is 0 Å². The molecule has 1 aromatic heterocycles. The molecule has 0 amide bonds. The van der Waals surface area contributed by atoms with Crippen LogP contribution in [-0.2, 0) is 20.9 Å². The third-order valence-corrected chi connectivity index (χ3v) is 5.47. The van der Waals surface area contributed by atoms with E-state index in [0.717, 1.165) is 24.1 Å². The van der Waals surface area contributed by atoms with Gasteiger partial charge in [0, 0.05) is 11.1 Å². The topological polar surface area (TPSA) is 92.4 Å². The molecule has 1 aliphatic carbocycles. The standard InChI is InChI=1S/C20H26N4O3S/c1-13(2)27-19(25)18(23-28(26)20(3,4)5)15-8-6-14(7-9-15)17-12-21-24(22-17)16-10-11-16/h6-9,12-13,16H,10-11H2,1-5H3. The summed E-state index contributed by atoms with van der Waals surface area (Å²) < 4.78 is 21.4. The van der Waals surface area contributed by atoms with Gasteiger partial charge in [-0.15, -0.1) is 0 Å². The first-order chi connectivity index (χ1) is 13.1. The van der Waals surface area contributed by atoms with Crippen LogP contribution >= 0.6 is 0 Å². The van der Waals surface area contributed by atoms with Crippen molar-refractivity contribution in [3.05, 3.63) is 36.0 Å². The highest BCUT2D eigenvalue weighted by atomic mass is 32.2. The van der Waals surface area contributed by atoms with Crippen molar-refractivity contribution in [1.29, 1.82) is 0 Å². The van der Waals surface area contributed by atoms with Gasteiger partial charge in [-0.3, -0.25) is 0 Å². The van der Waals surface area contributed by atoms with Gasteiger partial charge in [-0.1, -0.05) is 28.7 Å². The second-order valence-corrected chi connectivity index (χ2v) is 10.0. The average molecular weight is 403 g/mol. The minimum absolute atomic E-state index is 0.0649. The highest BCUT2D eigenvalue weighted by Gasteiger charge is 2.30. The van der Waals surface area contributed by atoms with E-state index < -0.39 is 22.1 Å². The van der Waals surface area contributed by atoms with Crippen molar-refractivity contribution in [2.24, 2.45) is 4.40 Å². The molecule has 0 N–H and O–H groups in total. The number of hydrogen-bond acceptors (Lipinski definition) is 6. The van der Waals surface area contributed by atoms with E-state index in [2.05, 4.69) is 14.6 Å². The van der Waals surface area contributed by atoms with E-state index in [0.29, 0.717) is 11.6 Å². The molecule has 150 valence electrons. The van der Waals surface area contributed by atoms with Crippen molar-refractivity contribution in [3.63, 3.8) is 0 Å². The highest BCUT2D eigenvalue weighted by molar-refractivity contribution is 7.91. The first-order valence-corrected chi connectivity index (χ1v) is 10.5. The van der Waals surface area contributed by atoms with E-state index in [1.807, 2.05) is 32.9 Å². The summed E-state index contributed by atoms with van der Waals surface area (Å²) in [6.07, 6.45) is 3.69. The lowest BCUT2D eigenvalue weighted by molar-refractivity contribution is -0.138. The van der Waals surface area contributed by atoms with Gasteiger partial charge in [0.1, 0.15) is 21.8 Å². The number of carbonyl (C=O) groups is 1. The Labute approximate surface area is 168 Å². The number of benzene rings is 1. The molecule has 7 nitrogen and oxygen atoms in total. The molecule has 8 heteroatoms. The van der Waals surface area contributed by atoms with Crippen LogP contribution in [0.25, 0.3) is 11.3 Å². The third-order valence-electron chi connectivity index (χ3n) is 4.07. The Kier molecular flexibility index (Phi) is 5.90. The van der Waals surface area contributed by atoms with Crippen molar-refractivity contribution < 1.29 is 14.1 Å². The van der Waals surface area contributed by atoms with Crippen LogP contribution in [0.1, 0.15) is 59.1 Å². The van der Waals surface area contributed by atoms with Crippen molar-refractivity contribution in [2.45, 2.75) is 64.4 Å². The smallest absolute Gasteiger partial charge is 0.362 e. The molecule has 2 aromatic rings. The van der Waals surface area contributed by atoms with Crippen molar-refractivity contribution in [2.75, 3.05) is 0 Å². The van der Waals surface area contributed by atoms with Crippen LogP contribution in [0.15, 0.2) is 34.9 Å². The predicted octanol–water partition coefficient (Wildman–Crippen LogP) is 3.48. The maximum atomic E-state index is 12.5. The van der Waals surface area contributed by atoms with E-state index >= 15 is 0 Å². The summed E-state index contributed by atoms with van der Waals surface area (Å²) in [5.41, 5.74) is 2.29. The van der Waals surface area contributed by atoms with Crippen molar-refractivity contribution >= 4 is 23.0 Å². The summed E-state index contributed by atoms with van der Waals surface area (Å²) in [6.45, 7) is 8.96. The molecule has 1 aliphatic rings. The van der Waals surface area contributed by atoms with Crippen molar-refractivity contribution in [3.8, 4) is 11.3 Å². The second kappa shape index (κ2) is 8.05. The summed E-state index contributed by atoms with van der Waals surface area (Å²) in [5, 5.41) is 8.81. The first-order valence-electron chi connectivity index (χ1n) is 9.39. The Morgan fingerprint density at radius 1 is 1.29 bits per heavy atom. The fourth-order valence-electron chi connectivity index (χ4n) is 2.39. The summed E-state index contributed by atoms with van der Waals surface area (Å²) >= 11 is -1.58. The maximum absolute atomic E-state index is 12.5. The zero-order valence-corrected chi connectivity index (χ0v) is 17.7. The van der Waals surface area contributed by atoms with Crippen LogP contribution in [-0.4, -0.2) is 42.1 Å². The molecule has 0 spiro atoms. The van der Waals surface area contributed by atoms with Crippen molar-refractivity contribution in [1.82, 2.24) is 15.0 Å². The molecule has 0 radical (unpaired) electrons. The van der Waals surface area contributed by atoms with Crippen LogP contribution < -0.4 is 0 Å². The van der Waals surface area contributed by atoms with E-state index in [9.17, 15) is 9.35 Å². The van der Waals surface area contributed by atoms with Crippen LogP contribution in [0.3, 0.4) is 0 Å². The van der Waals surface area contributed by atoms with E-state index in [4.69, 9.17) is 4.74 Å². The van der Waals surface area contributed by atoms with Crippen LogP contribution in [0, 0.1) is 0 Å². The van der Waals surface area contributed by atoms with Crippen LogP contribution in [0.4, 0.5) is 0 Å². The Bertz CT molecular complexity index is 864. The average Bonchev–Trinajstić information content (AvgIpc) is 3.35. The summed E-state index contributed by atoms with van der Waals surface area (Å²) in [6, 6.07) is 7.67. The van der Waals surface area contributed by atoms with Gasteiger partial charge < -0.3 is 9.29 Å². The monoisotopic (exact) mass is 402 g/mol. The molecule has 0 saturated heterocycles. The molecular formula is C20H26N4O3S. The SMILES string of the molecule is CC(C)OC(=O)C(=N[S+]([O-])C(C)(C)C)c1ccc(-c2cnn(C3CC3)n2)cc1. The first kappa shape index (κ1) is 20.5. The Balaban J connectivity index is 1.88. The van der Waals surface area contributed by atoms with E-state index in [-0.39, 0.29) is 11.8 Å². The lowest BCUT2D eigenvalue weighted by Gasteiger charge is -2.19. The molecule has 1 aromatic carbocycles. The maximum Gasteiger partial charge on any atom is 0.362 e. The Morgan fingerprint density at radius 2 is 1.93 bits per heavy atom. The highest BCUT2D eigenvalue weighted by Crippen LogP contribution is 2.33. The number of esters is 1. The van der Waals surface area contributed by atoms with Gasteiger partial charge in [0.2, 0.25) is 5.71 Å². The van der Waals surface area contributed by atoms with E-state index in [1.54, 1.807) is 37.0 Å². The van der Waals surface area contributed by atoms with Gasteiger partial charge in [-0.05, 0) is 47.5 Å². The molecule has 1 heterocycles. The minimum Gasteiger partial charge on any atom is -0.591 e. The zero-order chi connectivity index (χ0) is 20.5. The fourth-order valence-corrected chi connectivity index (χ4v) is 3.01. The van der Waals surface area contributed by atoms with Gasteiger partial charge >= 0.3 is 5.97 Å². The molecule has 3 rings (SSSR count). The van der Waals surface area contributed by atoms with Gasteiger partial charge in [-0.25, -0.2) is 4.79 Å². The lowest BCUT2D eigenvalue weighted by atomic mass is 10.1. The predicted molar refractivity (Wildman–Crippen MR) is 109 cm³/mol. The molecule has 1 atom stereocenters. The van der Waals surface area contributed by atoms with Crippen LogP contribution in [0.5, 0.6) is 0 Å². The molecular weight excluding hydrogens is 376 g/mol. The second-order valence-electron chi connectivity index (χ2n) is 8.11. The van der Waals surface area contributed by atoms with Gasteiger partial charge in [-0.2, -0.15) is 15.0 Å². The molecule has 1 unspecified atom stereocenters. The summed E-state index contributed by atoms with van der Waals surface area (Å²) in [4.78, 5) is 14.3. The molecule has 0 bridgehead atoms. The van der Waals surface area contributed by atoms with E-state index in [1.165, 1.54) is 0 Å². The number of ether oxygens (including phenoxy) is 1. The lowest BCUT2D eigenvalue weighted by Crippen LogP contribution is -2.30. The molecule has 1 fully saturated rings. The van der Waals surface area contributed by atoms with Gasteiger partial charge in [0.25, 0.3) is 0 Å². The normalized spacial score (nSPS) is 16.3. The summed E-state index contributed by atoms with van der Waals surface area (Å²) in [5.74, 6) is -0.583. The minimum atomic E-state index is -1.58. The molecule has 1 saturated carbocycles. The third kappa shape index (κ3) is 4.99. The van der Waals surface area contributed by atoms with Gasteiger partial charge in [0.05, 0.1) is 18.3 Å². The quantitative estimate of drug-likeness (QED) is 0.419. The number of aromatic nitrogens is 3. The Morgan fingerprint density at radius 3 is 2.46 bits per heavy atom. The number of carbonyl (C=O) groups excluding carboxylic acids is 1. The molecule has 0 aliphatic heterocycles. The molecule has 28 heavy (non-hydrogen) atoms. The number of rotatable bonds is 6.